The zero-order valence-electron chi connectivity index (χ0n) is 13.1. The lowest BCUT2D eigenvalue weighted by Crippen LogP contribution is -2.39. The summed E-state index contributed by atoms with van der Waals surface area (Å²) in [5.41, 5.74) is -1.02. The summed E-state index contributed by atoms with van der Waals surface area (Å²) in [6, 6.07) is -0.303. The topological polar surface area (TPSA) is 96.2 Å². The fourth-order valence-electron chi connectivity index (χ4n) is 2.17. The van der Waals surface area contributed by atoms with Gasteiger partial charge in [0, 0.05) is 12.4 Å². The molecule has 6 nitrogen and oxygen atoms in total. The molecule has 0 aromatic heterocycles. The first-order valence-corrected chi connectivity index (χ1v) is 9.08. The Kier molecular flexibility index (Phi) is 6.00. The summed E-state index contributed by atoms with van der Waals surface area (Å²) >= 11 is 6.03. The smallest absolute Gasteiger partial charge is 0.359 e. The van der Waals surface area contributed by atoms with E-state index in [0.29, 0.717) is 6.42 Å². The second-order valence-electron chi connectivity index (χ2n) is 6.43. The minimum Gasteiger partial charge on any atom is -0.389 e. The largest absolute Gasteiger partial charge is 0.389 e. The van der Waals surface area contributed by atoms with Crippen molar-refractivity contribution < 1.29 is 28.9 Å². The van der Waals surface area contributed by atoms with Gasteiger partial charge in [-0.05, 0) is 27.2 Å². The van der Waals surface area contributed by atoms with E-state index in [4.69, 9.17) is 20.9 Å². The Bertz CT molecular complexity index is 417. The van der Waals surface area contributed by atoms with Crippen molar-refractivity contribution in [2.24, 2.45) is 0 Å². The second-order valence-corrected chi connectivity index (χ2v) is 9.25. The number of alkyl halides is 1. The lowest BCUT2D eigenvalue weighted by Gasteiger charge is -2.36. The number of ether oxygens (including phenoxy) is 1. The lowest BCUT2D eigenvalue weighted by atomic mass is 9.91. The van der Waals surface area contributed by atoms with Gasteiger partial charge in [-0.1, -0.05) is 6.92 Å². The molecule has 0 aliphatic carbocycles. The summed E-state index contributed by atoms with van der Waals surface area (Å²) in [7, 11) is -2.47. The molecule has 1 saturated heterocycles. The Morgan fingerprint density at radius 2 is 1.95 bits per heavy atom. The Labute approximate surface area is 131 Å². The fraction of sp³-hybridized carbons (Fsp3) is 1.00. The van der Waals surface area contributed by atoms with E-state index in [1.165, 1.54) is 13.8 Å². The zero-order chi connectivity index (χ0) is 16.6. The molecule has 2 unspecified atom stereocenters. The Morgan fingerprint density at radius 1 is 1.43 bits per heavy atom. The molecular weight excluding hydrogens is 317 g/mol. The predicted molar refractivity (Wildman–Crippen MR) is 83.4 cm³/mol. The molecule has 1 aliphatic rings. The van der Waals surface area contributed by atoms with Gasteiger partial charge in [0.15, 0.2) is 5.34 Å². The van der Waals surface area contributed by atoms with Crippen LogP contribution in [0.5, 0.6) is 0 Å². The maximum absolute atomic E-state index is 12.1. The number of rotatable bonds is 6. The number of aliphatic hydroxyl groups is 2. The van der Waals surface area contributed by atoms with Crippen LogP contribution >= 0.6 is 19.2 Å². The van der Waals surface area contributed by atoms with Gasteiger partial charge in [0.05, 0.1) is 23.2 Å². The van der Waals surface area contributed by atoms with Gasteiger partial charge in [-0.2, -0.15) is 0 Å². The van der Waals surface area contributed by atoms with Crippen LogP contribution in [-0.4, -0.2) is 57.5 Å². The molecule has 0 amide bonds. The number of halogens is 1. The Balaban J connectivity index is 2.85. The molecule has 124 valence electrons. The highest BCUT2D eigenvalue weighted by atomic mass is 35.5. The number of hydrogen-bond donors (Lipinski definition) is 3. The maximum atomic E-state index is 12.1. The molecule has 1 aliphatic heterocycles. The van der Waals surface area contributed by atoms with Gasteiger partial charge < -0.3 is 24.4 Å². The standard InChI is InChI=1S/C12H25BClO6P/c1-5-12(4,20-21(17,18)11(2,3)16)6-7-9(15)8(14)10(13)19-7/h7-10,15-16H,5-6,13H2,1-4H3,(H,17,18)/t7-,8-,9-,10-,12?/m1/s1. The summed E-state index contributed by atoms with van der Waals surface area (Å²) in [5, 5.41) is 17.4. The zero-order valence-corrected chi connectivity index (χ0v) is 14.8. The highest BCUT2D eigenvalue weighted by molar-refractivity contribution is 7.54. The first kappa shape index (κ1) is 19.4. The van der Waals surface area contributed by atoms with Crippen molar-refractivity contribution in [1.29, 1.82) is 0 Å². The molecule has 1 heterocycles. The fourth-order valence-corrected chi connectivity index (χ4v) is 3.41. The third-order valence-electron chi connectivity index (χ3n) is 3.96. The van der Waals surface area contributed by atoms with Crippen LogP contribution in [0.2, 0.25) is 0 Å². The molecule has 0 spiro atoms. The van der Waals surface area contributed by atoms with Crippen LogP contribution in [0.15, 0.2) is 0 Å². The Morgan fingerprint density at radius 3 is 2.29 bits per heavy atom. The second kappa shape index (κ2) is 6.48. The van der Waals surface area contributed by atoms with Crippen LogP contribution in [0.1, 0.15) is 40.5 Å². The number of hydrogen-bond acceptors (Lipinski definition) is 5. The minimum atomic E-state index is -4.24. The van der Waals surface area contributed by atoms with E-state index in [9.17, 15) is 19.7 Å². The summed E-state index contributed by atoms with van der Waals surface area (Å²) in [6.07, 6.45) is -0.814. The summed E-state index contributed by atoms with van der Waals surface area (Å²) in [6.45, 7) is 5.90. The van der Waals surface area contributed by atoms with Crippen LogP contribution in [-0.2, 0) is 13.8 Å². The highest BCUT2D eigenvalue weighted by Gasteiger charge is 2.48. The summed E-state index contributed by atoms with van der Waals surface area (Å²) < 4.78 is 23.1. The number of aliphatic hydroxyl groups excluding tert-OH is 1. The molecule has 9 heteroatoms. The first-order valence-electron chi connectivity index (χ1n) is 7.06. The lowest BCUT2D eigenvalue weighted by molar-refractivity contribution is -0.0412. The molecule has 6 atom stereocenters. The average Bonchev–Trinajstić information content (AvgIpc) is 2.55. The maximum Gasteiger partial charge on any atom is 0.359 e. The molecule has 0 bridgehead atoms. The quantitative estimate of drug-likeness (QED) is 0.375. The van der Waals surface area contributed by atoms with Gasteiger partial charge in [0.25, 0.3) is 0 Å². The molecule has 0 saturated carbocycles. The van der Waals surface area contributed by atoms with Crippen molar-refractivity contribution in [1.82, 2.24) is 0 Å². The van der Waals surface area contributed by atoms with Crippen molar-refractivity contribution >= 4 is 27.0 Å². The van der Waals surface area contributed by atoms with Crippen molar-refractivity contribution in [3.8, 4) is 0 Å². The molecule has 21 heavy (non-hydrogen) atoms. The third kappa shape index (κ3) is 4.44. The van der Waals surface area contributed by atoms with Crippen molar-refractivity contribution in [2.45, 2.75) is 75.1 Å². The van der Waals surface area contributed by atoms with Crippen molar-refractivity contribution in [2.75, 3.05) is 0 Å². The van der Waals surface area contributed by atoms with E-state index < -0.39 is 36.1 Å². The van der Waals surface area contributed by atoms with E-state index in [1.807, 2.05) is 0 Å². The molecule has 1 rings (SSSR count). The van der Waals surface area contributed by atoms with Crippen LogP contribution in [0, 0.1) is 0 Å². The minimum absolute atomic E-state index is 0.207. The van der Waals surface area contributed by atoms with Gasteiger partial charge in [-0.3, -0.25) is 4.57 Å². The summed E-state index contributed by atoms with van der Waals surface area (Å²) in [5.74, 6) is 0. The van der Waals surface area contributed by atoms with E-state index in [-0.39, 0.29) is 12.4 Å². The molecular formula is C12H25BClO6P. The molecule has 0 radical (unpaired) electrons. The monoisotopic (exact) mass is 342 g/mol. The van der Waals surface area contributed by atoms with Gasteiger partial charge in [-0.25, -0.2) is 0 Å². The van der Waals surface area contributed by atoms with Crippen LogP contribution in [0.25, 0.3) is 0 Å². The Hall–Kier alpha value is 0.385. The van der Waals surface area contributed by atoms with Gasteiger partial charge in [0.1, 0.15) is 7.85 Å². The molecule has 3 N–H and O–H groups in total. The van der Waals surface area contributed by atoms with E-state index in [0.717, 1.165) is 0 Å². The van der Waals surface area contributed by atoms with Gasteiger partial charge in [-0.15, -0.1) is 11.6 Å². The SMILES string of the molecule is B[C@@H]1O[C@H](CC(C)(CC)OP(=O)(O)C(C)(C)O)[C@@H](O)[C@H]1Cl. The molecule has 1 fully saturated rings. The molecule has 0 aromatic carbocycles. The van der Waals surface area contributed by atoms with Crippen molar-refractivity contribution in [3.63, 3.8) is 0 Å². The average molecular weight is 343 g/mol. The predicted octanol–water partition coefficient (Wildman–Crippen LogP) is 0.802. The van der Waals surface area contributed by atoms with E-state index in [1.54, 1.807) is 21.7 Å². The third-order valence-corrected chi connectivity index (χ3v) is 6.65. The van der Waals surface area contributed by atoms with Gasteiger partial charge in [0.2, 0.25) is 0 Å². The highest BCUT2D eigenvalue weighted by Crippen LogP contribution is 2.57. The summed E-state index contributed by atoms with van der Waals surface area (Å²) in [4.78, 5) is 9.92. The first-order chi connectivity index (χ1) is 9.33. The van der Waals surface area contributed by atoms with E-state index in [2.05, 4.69) is 0 Å². The van der Waals surface area contributed by atoms with Crippen LogP contribution in [0.4, 0.5) is 0 Å². The van der Waals surface area contributed by atoms with Gasteiger partial charge >= 0.3 is 7.60 Å². The molecule has 0 aromatic rings. The van der Waals surface area contributed by atoms with Crippen LogP contribution < -0.4 is 0 Å². The normalized spacial score (nSPS) is 36.2. The van der Waals surface area contributed by atoms with E-state index >= 15 is 0 Å². The van der Waals surface area contributed by atoms with Crippen molar-refractivity contribution in [3.05, 3.63) is 0 Å². The van der Waals surface area contributed by atoms with Crippen LogP contribution in [0.3, 0.4) is 0 Å².